The van der Waals surface area contributed by atoms with E-state index in [1.165, 1.54) is 5.56 Å². The monoisotopic (exact) mass is 286 g/mol. The maximum absolute atomic E-state index is 5.94. The summed E-state index contributed by atoms with van der Waals surface area (Å²) in [6.07, 6.45) is 1.77. The molecule has 0 saturated carbocycles. The zero-order valence-electron chi connectivity index (χ0n) is 12.8. The van der Waals surface area contributed by atoms with E-state index >= 15 is 0 Å². The van der Waals surface area contributed by atoms with Crippen molar-refractivity contribution in [3.05, 3.63) is 53.3 Å². The van der Waals surface area contributed by atoms with Crippen LogP contribution in [0.4, 0.5) is 0 Å². The van der Waals surface area contributed by atoms with Crippen molar-refractivity contribution in [2.24, 2.45) is 0 Å². The van der Waals surface area contributed by atoms with Crippen LogP contribution < -0.4 is 10.1 Å². The molecule has 1 N–H and O–H groups in total. The third-order valence-electron chi connectivity index (χ3n) is 3.23. The second-order valence-electron chi connectivity index (χ2n) is 4.96. The number of aryl methyl sites for hydroxylation is 2. The second kappa shape index (κ2) is 7.76. The Labute approximate surface area is 126 Å². The lowest BCUT2D eigenvalue weighted by atomic mass is 10.1. The van der Waals surface area contributed by atoms with E-state index in [4.69, 9.17) is 9.47 Å². The van der Waals surface area contributed by atoms with Gasteiger partial charge in [-0.05, 0) is 43.2 Å². The highest BCUT2D eigenvalue weighted by Crippen LogP contribution is 2.27. The molecule has 4 nitrogen and oxygen atoms in total. The van der Waals surface area contributed by atoms with Crippen LogP contribution in [0.5, 0.6) is 11.5 Å². The fraction of sp³-hybridized carbons (Fsp3) is 0.353. The lowest BCUT2D eigenvalue weighted by molar-refractivity contribution is 0.199. The van der Waals surface area contributed by atoms with Gasteiger partial charge in [0.25, 0.3) is 0 Å². The molecule has 2 rings (SSSR count). The highest BCUT2D eigenvalue weighted by Gasteiger charge is 2.05. The lowest BCUT2D eigenvalue weighted by Gasteiger charge is -2.12. The van der Waals surface area contributed by atoms with E-state index in [-0.39, 0.29) is 0 Å². The van der Waals surface area contributed by atoms with Crippen molar-refractivity contribution in [2.45, 2.75) is 20.4 Å². The van der Waals surface area contributed by atoms with Gasteiger partial charge in [-0.25, -0.2) is 0 Å². The molecule has 21 heavy (non-hydrogen) atoms. The van der Waals surface area contributed by atoms with Crippen molar-refractivity contribution in [2.75, 3.05) is 20.3 Å². The number of methoxy groups -OCH3 is 1. The maximum atomic E-state index is 5.94. The summed E-state index contributed by atoms with van der Waals surface area (Å²) >= 11 is 0. The van der Waals surface area contributed by atoms with Crippen LogP contribution in [0.1, 0.15) is 16.8 Å². The third-order valence-corrected chi connectivity index (χ3v) is 3.23. The number of pyridine rings is 1. The van der Waals surface area contributed by atoms with Gasteiger partial charge in [0.05, 0.1) is 12.3 Å². The number of rotatable bonds is 7. The predicted molar refractivity (Wildman–Crippen MR) is 83.8 cm³/mol. The molecule has 1 aromatic heterocycles. The molecule has 0 spiro atoms. The minimum Gasteiger partial charge on any atom is -0.455 e. The van der Waals surface area contributed by atoms with Crippen molar-refractivity contribution in [3.63, 3.8) is 0 Å². The molecular weight excluding hydrogens is 264 g/mol. The van der Waals surface area contributed by atoms with Gasteiger partial charge in [-0.3, -0.25) is 4.98 Å². The molecule has 0 amide bonds. The van der Waals surface area contributed by atoms with Gasteiger partial charge >= 0.3 is 0 Å². The second-order valence-corrected chi connectivity index (χ2v) is 4.96. The summed E-state index contributed by atoms with van der Waals surface area (Å²) < 4.78 is 10.9. The van der Waals surface area contributed by atoms with Crippen molar-refractivity contribution in [3.8, 4) is 11.5 Å². The number of ether oxygens (including phenoxy) is 2. The Morgan fingerprint density at radius 2 is 2.00 bits per heavy atom. The van der Waals surface area contributed by atoms with Gasteiger partial charge < -0.3 is 14.8 Å². The first kappa shape index (κ1) is 15.5. The van der Waals surface area contributed by atoms with Crippen LogP contribution in [-0.4, -0.2) is 25.2 Å². The number of benzene rings is 1. The number of hydrogen-bond acceptors (Lipinski definition) is 4. The zero-order chi connectivity index (χ0) is 15.1. The summed E-state index contributed by atoms with van der Waals surface area (Å²) in [5.74, 6) is 1.67. The summed E-state index contributed by atoms with van der Waals surface area (Å²) in [6.45, 7) is 6.40. The first-order valence-corrected chi connectivity index (χ1v) is 7.09. The molecule has 0 atom stereocenters. The number of aromatic nitrogens is 1. The molecule has 0 saturated heterocycles. The number of nitrogens with zero attached hydrogens (tertiary/aromatic N) is 1. The summed E-state index contributed by atoms with van der Waals surface area (Å²) in [6, 6.07) is 10.0. The molecule has 0 bridgehead atoms. The lowest BCUT2D eigenvalue weighted by Crippen LogP contribution is -2.18. The van der Waals surface area contributed by atoms with Gasteiger partial charge in [-0.15, -0.1) is 0 Å². The molecule has 0 fully saturated rings. The minimum absolute atomic E-state index is 0.723. The van der Waals surface area contributed by atoms with E-state index < -0.39 is 0 Å². The molecular formula is C17H22N2O2. The summed E-state index contributed by atoms with van der Waals surface area (Å²) in [5, 5.41) is 3.33. The minimum atomic E-state index is 0.723. The predicted octanol–water partition coefficient (Wildman–Crippen LogP) is 3.23. The van der Waals surface area contributed by atoms with E-state index in [0.717, 1.165) is 42.5 Å². The summed E-state index contributed by atoms with van der Waals surface area (Å²) in [7, 11) is 1.71. The van der Waals surface area contributed by atoms with Crippen LogP contribution in [0.3, 0.4) is 0 Å². The van der Waals surface area contributed by atoms with E-state index in [0.29, 0.717) is 0 Å². The van der Waals surface area contributed by atoms with Crippen LogP contribution in [0.15, 0.2) is 36.5 Å². The normalized spacial score (nSPS) is 10.6. The van der Waals surface area contributed by atoms with Gasteiger partial charge in [0, 0.05) is 26.4 Å². The van der Waals surface area contributed by atoms with Crippen LogP contribution in [0, 0.1) is 13.8 Å². The van der Waals surface area contributed by atoms with Crippen LogP contribution >= 0.6 is 0 Å². The molecule has 112 valence electrons. The number of nitrogens with one attached hydrogen (secondary N) is 1. The molecule has 1 aromatic carbocycles. The Bertz CT molecular complexity index is 585. The Balaban J connectivity index is 2.01. The fourth-order valence-corrected chi connectivity index (χ4v) is 2.04. The molecule has 0 aliphatic carbocycles. The molecule has 0 radical (unpaired) electrons. The van der Waals surface area contributed by atoms with Gasteiger partial charge in [-0.1, -0.05) is 12.1 Å². The molecule has 0 aliphatic rings. The smallest absolute Gasteiger partial charge is 0.148 e. The molecule has 0 aliphatic heterocycles. The Morgan fingerprint density at radius 3 is 2.71 bits per heavy atom. The van der Waals surface area contributed by atoms with Crippen LogP contribution in [-0.2, 0) is 11.3 Å². The summed E-state index contributed by atoms with van der Waals surface area (Å²) in [5.41, 5.74) is 3.24. The summed E-state index contributed by atoms with van der Waals surface area (Å²) in [4.78, 5) is 4.23. The Morgan fingerprint density at radius 1 is 1.14 bits per heavy atom. The Hall–Kier alpha value is -1.91. The van der Waals surface area contributed by atoms with E-state index in [1.54, 1.807) is 13.3 Å². The molecule has 1 heterocycles. The topological polar surface area (TPSA) is 43.4 Å². The molecule has 4 heteroatoms. The fourth-order valence-electron chi connectivity index (χ4n) is 2.04. The highest BCUT2D eigenvalue weighted by atomic mass is 16.5. The first-order chi connectivity index (χ1) is 10.2. The number of hydrogen-bond donors (Lipinski definition) is 1. The molecule has 2 aromatic rings. The van der Waals surface area contributed by atoms with Gasteiger partial charge in [0.2, 0.25) is 0 Å². The SMILES string of the molecule is COCCNCc1ccc(Oc2cccnc2C)c(C)c1. The highest BCUT2D eigenvalue weighted by molar-refractivity contribution is 5.40. The van der Waals surface area contributed by atoms with E-state index in [9.17, 15) is 0 Å². The Kier molecular flexibility index (Phi) is 5.72. The van der Waals surface area contributed by atoms with E-state index in [2.05, 4.69) is 29.4 Å². The van der Waals surface area contributed by atoms with Crippen LogP contribution in [0.25, 0.3) is 0 Å². The van der Waals surface area contributed by atoms with Crippen molar-refractivity contribution in [1.82, 2.24) is 10.3 Å². The third kappa shape index (κ3) is 4.55. The first-order valence-electron chi connectivity index (χ1n) is 7.09. The standard InChI is InChI=1S/C17H22N2O2/c1-13-11-15(12-18-9-10-20-3)6-7-16(13)21-17-5-4-8-19-14(17)2/h4-8,11,18H,9-10,12H2,1-3H3. The van der Waals surface area contributed by atoms with Crippen molar-refractivity contribution in [1.29, 1.82) is 0 Å². The van der Waals surface area contributed by atoms with Crippen molar-refractivity contribution >= 4 is 0 Å². The van der Waals surface area contributed by atoms with Gasteiger partial charge in [0.15, 0.2) is 0 Å². The van der Waals surface area contributed by atoms with E-state index in [1.807, 2.05) is 25.1 Å². The van der Waals surface area contributed by atoms with Gasteiger partial charge in [0.1, 0.15) is 11.5 Å². The quantitative estimate of drug-likeness (QED) is 0.794. The molecule has 0 unspecified atom stereocenters. The average Bonchev–Trinajstić information content (AvgIpc) is 2.48. The van der Waals surface area contributed by atoms with Gasteiger partial charge in [-0.2, -0.15) is 0 Å². The average molecular weight is 286 g/mol. The van der Waals surface area contributed by atoms with Crippen molar-refractivity contribution < 1.29 is 9.47 Å². The zero-order valence-corrected chi connectivity index (χ0v) is 12.8. The largest absolute Gasteiger partial charge is 0.455 e. The maximum Gasteiger partial charge on any atom is 0.148 e. The van der Waals surface area contributed by atoms with Crippen LogP contribution in [0.2, 0.25) is 0 Å².